The second-order valence-corrected chi connectivity index (χ2v) is 5.05. The van der Waals surface area contributed by atoms with Crippen LogP contribution in [0.15, 0.2) is 18.3 Å². The van der Waals surface area contributed by atoms with Gasteiger partial charge in [-0.25, -0.2) is 4.98 Å². The number of hydrogen-bond acceptors (Lipinski definition) is 3. The maximum Gasteiger partial charge on any atom is 0.128 e. The van der Waals surface area contributed by atoms with Crippen LogP contribution in [0.5, 0.6) is 0 Å². The fourth-order valence-electron chi connectivity index (χ4n) is 2.70. The molecule has 1 saturated carbocycles. The van der Waals surface area contributed by atoms with E-state index in [4.69, 9.17) is 5.73 Å². The third-order valence-electron chi connectivity index (χ3n) is 3.72. The molecule has 1 heterocycles. The van der Waals surface area contributed by atoms with Crippen molar-refractivity contribution >= 4 is 5.82 Å². The molecule has 1 aromatic rings. The molecular weight excluding hydrogens is 210 g/mol. The second-order valence-electron chi connectivity index (χ2n) is 5.05. The average Bonchev–Trinajstić information content (AvgIpc) is 2.33. The van der Waals surface area contributed by atoms with E-state index in [2.05, 4.69) is 29.8 Å². The van der Waals surface area contributed by atoms with Gasteiger partial charge in [-0.2, -0.15) is 0 Å². The van der Waals surface area contributed by atoms with E-state index in [-0.39, 0.29) is 0 Å². The van der Waals surface area contributed by atoms with Crippen LogP contribution in [0.1, 0.15) is 38.2 Å². The normalized spacial score (nSPS) is 24.6. The Labute approximate surface area is 104 Å². The van der Waals surface area contributed by atoms with Crippen molar-refractivity contribution < 1.29 is 0 Å². The van der Waals surface area contributed by atoms with Crippen molar-refractivity contribution in [3.05, 3.63) is 23.9 Å². The lowest BCUT2D eigenvalue weighted by molar-refractivity contribution is 0.377. The molecule has 1 aromatic heterocycles. The second kappa shape index (κ2) is 5.50. The van der Waals surface area contributed by atoms with Gasteiger partial charge >= 0.3 is 0 Å². The molecule has 0 unspecified atom stereocenters. The molecule has 0 atom stereocenters. The average molecular weight is 233 g/mol. The largest absolute Gasteiger partial charge is 0.354 e. The van der Waals surface area contributed by atoms with Crippen LogP contribution in [-0.2, 0) is 0 Å². The van der Waals surface area contributed by atoms with Gasteiger partial charge in [-0.15, -0.1) is 0 Å². The summed E-state index contributed by atoms with van der Waals surface area (Å²) >= 11 is 0. The Kier molecular flexibility index (Phi) is 4.00. The first-order chi connectivity index (χ1) is 8.20. The third kappa shape index (κ3) is 2.97. The highest BCUT2D eigenvalue weighted by Gasteiger charge is 2.24. The van der Waals surface area contributed by atoms with E-state index in [1.54, 1.807) is 0 Å². The minimum atomic E-state index is 0.412. The summed E-state index contributed by atoms with van der Waals surface area (Å²) in [4.78, 5) is 6.93. The highest BCUT2D eigenvalue weighted by molar-refractivity contribution is 5.41. The number of aromatic nitrogens is 1. The van der Waals surface area contributed by atoms with Crippen molar-refractivity contribution in [2.24, 2.45) is 5.73 Å². The van der Waals surface area contributed by atoms with Crippen molar-refractivity contribution in [1.29, 1.82) is 0 Å². The third-order valence-corrected chi connectivity index (χ3v) is 3.72. The van der Waals surface area contributed by atoms with E-state index in [0.717, 1.165) is 25.2 Å². The van der Waals surface area contributed by atoms with E-state index >= 15 is 0 Å². The number of anilines is 1. The van der Waals surface area contributed by atoms with E-state index < -0.39 is 0 Å². The SMILES string of the molecule is CCN(c1cc(C)ccn1)C1CCC(N)CC1. The van der Waals surface area contributed by atoms with Gasteiger partial charge in [0.1, 0.15) is 5.82 Å². The first-order valence-electron chi connectivity index (χ1n) is 6.65. The molecular formula is C14H23N3. The monoisotopic (exact) mass is 233 g/mol. The van der Waals surface area contributed by atoms with E-state index in [1.807, 2.05) is 12.3 Å². The van der Waals surface area contributed by atoms with Crippen LogP contribution in [0, 0.1) is 6.92 Å². The molecule has 3 heteroatoms. The molecule has 1 fully saturated rings. The van der Waals surface area contributed by atoms with Crippen molar-refractivity contribution in [2.75, 3.05) is 11.4 Å². The van der Waals surface area contributed by atoms with Crippen LogP contribution < -0.4 is 10.6 Å². The maximum absolute atomic E-state index is 5.97. The zero-order valence-corrected chi connectivity index (χ0v) is 10.9. The molecule has 2 N–H and O–H groups in total. The number of pyridine rings is 1. The van der Waals surface area contributed by atoms with Crippen LogP contribution >= 0.6 is 0 Å². The van der Waals surface area contributed by atoms with Crippen LogP contribution in [0.2, 0.25) is 0 Å². The predicted octanol–water partition coefficient (Wildman–Crippen LogP) is 2.49. The molecule has 0 radical (unpaired) electrons. The fraction of sp³-hybridized carbons (Fsp3) is 0.643. The maximum atomic E-state index is 5.97. The van der Waals surface area contributed by atoms with Gasteiger partial charge in [-0.05, 0) is 57.2 Å². The summed E-state index contributed by atoms with van der Waals surface area (Å²) in [6.07, 6.45) is 6.59. The van der Waals surface area contributed by atoms with Gasteiger partial charge in [-0.3, -0.25) is 0 Å². The molecule has 0 bridgehead atoms. The van der Waals surface area contributed by atoms with Crippen molar-refractivity contribution in [1.82, 2.24) is 4.98 Å². The Morgan fingerprint density at radius 3 is 2.65 bits per heavy atom. The van der Waals surface area contributed by atoms with Crippen molar-refractivity contribution in [3.63, 3.8) is 0 Å². The van der Waals surface area contributed by atoms with Gasteiger partial charge < -0.3 is 10.6 Å². The minimum absolute atomic E-state index is 0.412. The molecule has 0 aromatic carbocycles. The first-order valence-corrected chi connectivity index (χ1v) is 6.65. The summed E-state index contributed by atoms with van der Waals surface area (Å²) in [5.41, 5.74) is 7.25. The van der Waals surface area contributed by atoms with Crippen LogP contribution in [0.3, 0.4) is 0 Å². The lowest BCUT2D eigenvalue weighted by atomic mass is 9.90. The summed E-state index contributed by atoms with van der Waals surface area (Å²) in [7, 11) is 0. The lowest BCUT2D eigenvalue weighted by Crippen LogP contribution is -2.41. The Bertz CT molecular complexity index is 356. The molecule has 94 valence electrons. The smallest absolute Gasteiger partial charge is 0.128 e. The Balaban J connectivity index is 2.10. The van der Waals surface area contributed by atoms with Gasteiger partial charge in [0.05, 0.1) is 0 Å². The topological polar surface area (TPSA) is 42.2 Å². The molecule has 3 nitrogen and oxygen atoms in total. The summed E-state index contributed by atoms with van der Waals surface area (Å²) in [6.45, 7) is 5.35. The molecule has 0 spiro atoms. The fourth-order valence-corrected chi connectivity index (χ4v) is 2.70. The zero-order chi connectivity index (χ0) is 12.3. The highest BCUT2D eigenvalue weighted by atomic mass is 15.2. The molecule has 1 aliphatic carbocycles. The van der Waals surface area contributed by atoms with Crippen LogP contribution in [-0.4, -0.2) is 23.6 Å². The lowest BCUT2D eigenvalue weighted by Gasteiger charge is -2.36. The zero-order valence-electron chi connectivity index (χ0n) is 10.9. The summed E-state index contributed by atoms with van der Waals surface area (Å²) in [5.74, 6) is 1.12. The molecule has 1 aliphatic rings. The van der Waals surface area contributed by atoms with Crippen molar-refractivity contribution in [3.8, 4) is 0 Å². The summed E-state index contributed by atoms with van der Waals surface area (Å²) in [6, 6.07) is 5.26. The van der Waals surface area contributed by atoms with Gasteiger partial charge in [0.25, 0.3) is 0 Å². The van der Waals surface area contributed by atoms with E-state index in [0.29, 0.717) is 12.1 Å². The number of nitrogens with zero attached hydrogens (tertiary/aromatic N) is 2. The molecule has 0 saturated heterocycles. The van der Waals surface area contributed by atoms with Crippen LogP contribution in [0.25, 0.3) is 0 Å². The van der Waals surface area contributed by atoms with E-state index in [1.165, 1.54) is 18.4 Å². The highest BCUT2D eigenvalue weighted by Crippen LogP contribution is 2.25. The van der Waals surface area contributed by atoms with Crippen LogP contribution in [0.4, 0.5) is 5.82 Å². The molecule has 17 heavy (non-hydrogen) atoms. The number of nitrogens with two attached hydrogens (primary N) is 1. The number of rotatable bonds is 3. The summed E-state index contributed by atoms with van der Waals surface area (Å²) in [5, 5.41) is 0. The van der Waals surface area contributed by atoms with Gasteiger partial charge in [0.2, 0.25) is 0 Å². The number of hydrogen-bond donors (Lipinski definition) is 1. The molecule has 2 rings (SSSR count). The summed E-state index contributed by atoms with van der Waals surface area (Å²) < 4.78 is 0. The van der Waals surface area contributed by atoms with Crippen molar-refractivity contribution in [2.45, 2.75) is 51.6 Å². The number of aryl methyl sites for hydroxylation is 1. The van der Waals surface area contributed by atoms with Gasteiger partial charge in [-0.1, -0.05) is 0 Å². The predicted molar refractivity (Wildman–Crippen MR) is 72.2 cm³/mol. The van der Waals surface area contributed by atoms with E-state index in [9.17, 15) is 0 Å². The quantitative estimate of drug-likeness (QED) is 0.872. The Morgan fingerprint density at radius 1 is 1.35 bits per heavy atom. The molecule has 0 amide bonds. The minimum Gasteiger partial charge on any atom is -0.354 e. The standard InChI is InChI=1S/C14H23N3/c1-3-17(13-6-4-12(15)5-7-13)14-10-11(2)8-9-16-14/h8-10,12-13H,3-7,15H2,1-2H3. The Morgan fingerprint density at radius 2 is 2.06 bits per heavy atom. The van der Waals surface area contributed by atoms with Gasteiger partial charge in [0.15, 0.2) is 0 Å². The first kappa shape index (κ1) is 12.4. The van der Waals surface area contributed by atoms with Gasteiger partial charge in [0, 0.05) is 24.8 Å². The Hall–Kier alpha value is -1.09. The molecule has 0 aliphatic heterocycles.